The highest BCUT2D eigenvalue weighted by atomic mass is 32.1. The van der Waals surface area contributed by atoms with E-state index in [1.54, 1.807) is 0 Å². The second-order valence-electron chi connectivity index (χ2n) is 17.9. The van der Waals surface area contributed by atoms with Crippen molar-refractivity contribution in [3.8, 4) is 0 Å². The van der Waals surface area contributed by atoms with E-state index in [4.69, 9.17) is 0 Å². The monoisotopic (exact) mass is 812 g/mol. The third-order valence-electron chi connectivity index (χ3n) is 11.9. The predicted octanol–water partition coefficient (Wildman–Crippen LogP) is 15.5. The molecule has 59 heavy (non-hydrogen) atoms. The highest BCUT2D eigenvalue weighted by Gasteiger charge is 2.24. The first-order valence-electron chi connectivity index (χ1n) is 20.7. The van der Waals surface area contributed by atoms with Gasteiger partial charge in [0.2, 0.25) is 0 Å². The van der Waals surface area contributed by atoms with Crippen molar-refractivity contribution >= 4 is 124 Å². The van der Waals surface area contributed by atoms with Gasteiger partial charge in [-0.05, 0) is 70.8 Å². The first-order chi connectivity index (χ1) is 28.5. The van der Waals surface area contributed by atoms with E-state index in [1.807, 2.05) is 11.3 Å². The Labute approximate surface area is 353 Å². The molecule has 5 heteroatoms. The van der Waals surface area contributed by atoms with Crippen LogP contribution in [0.1, 0.15) is 0 Å². The topological polar surface area (TPSA) is 6.48 Å². The average molecular weight is 813 g/mol. The van der Waals surface area contributed by atoms with Crippen molar-refractivity contribution in [2.24, 2.45) is 0 Å². The third kappa shape index (κ3) is 6.64. The summed E-state index contributed by atoms with van der Waals surface area (Å²) in [5.41, 5.74) is 7.05. The van der Waals surface area contributed by atoms with Crippen LogP contribution in [-0.2, 0) is 0 Å². The molecule has 1 aromatic heterocycles. The van der Waals surface area contributed by atoms with E-state index in [0.29, 0.717) is 0 Å². The number of fused-ring (bicyclic) bond motifs is 7. The minimum Gasteiger partial charge on any atom is -0.310 e. The van der Waals surface area contributed by atoms with Crippen LogP contribution in [0.25, 0.3) is 52.5 Å². The molecule has 0 unspecified atom stereocenters. The molecule has 1 heterocycles. The summed E-state index contributed by atoms with van der Waals surface area (Å²) in [4.78, 5) is 4.95. The summed E-state index contributed by atoms with van der Waals surface area (Å²) in [6.07, 6.45) is 0. The standard InChI is InChI=1S/C54H48N2SSi2/c1-58(2,3)42-30-25-39(26-31-42)55(49-23-13-17-37-15-7-9-19-44(37)49)41-29-34-48-52(35-41)57-53-36-51(46-21-11-12-22-47(46)54(48)53)56(40-27-32-43(33-28-40)59(4,5)6)50-24-14-18-38-16-8-10-20-45(38)50/h7-36H,1-6H3. The highest BCUT2D eigenvalue weighted by Crippen LogP contribution is 2.49. The first-order valence-corrected chi connectivity index (χ1v) is 28.5. The van der Waals surface area contributed by atoms with Gasteiger partial charge in [-0.25, -0.2) is 0 Å². The van der Waals surface area contributed by atoms with E-state index >= 15 is 0 Å². The Bertz CT molecular complexity index is 3180. The van der Waals surface area contributed by atoms with Gasteiger partial charge in [-0.15, -0.1) is 11.3 Å². The van der Waals surface area contributed by atoms with E-state index in [9.17, 15) is 0 Å². The van der Waals surface area contributed by atoms with Crippen molar-refractivity contribution in [2.45, 2.75) is 39.3 Å². The minimum atomic E-state index is -1.49. The van der Waals surface area contributed by atoms with E-state index in [-0.39, 0.29) is 0 Å². The molecule has 0 atom stereocenters. The van der Waals surface area contributed by atoms with Crippen LogP contribution in [0.15, 0.2) is 182 Å². The van der Waals surface area contributed by atoms with E-state index in [1.165, 1.54) is 91.3 Å². The fourth-order valence-corrected chi connectivity index (χ4v) is 12.3. The molecule has 0 spiro atoms. The normalized spacial score (nSPS) is 12.2. The van der Waals surface area contributed by atoms with Gasteiger partial charge in [0, 0.05) is 53.4 Å². The Hall–Kier alpha value is -5.99. The molecule has 0 bridgehead atoms. The average Bonchev–Trinajstić information content (AvgIpc) is 3.62. The van der Waals surface area contributed by atoms with E-state index in [2.05, 4.69) is 231 Å². The predicted molar refractivity (Wildman–Crippen MR) is 267 cm³/mol. The SMILES string of the molecule is C[Si](C)(C)c1ccc(N(c2ccc3c(c2)sc2cc(N(c4ccc([Si](C)(C)C)cc4)c4cccc5ccccc45)c4ccccc4c23)c2cccc3ccccc23)cc1. The number of anilines is 6. The van der Waals surface area contributed by atoms with Crippen LogP contribution in [0, 0.1) is 0 Å². The van der Waals surface area contributed by atoms with Crippen LogP contribution in [0.5, 0.6) is 0 Å². The summed E-state index contributed by atoms with van der Waals surface area (Å²) in [5.74, 6) is 0. The van der Waals surface area contributed by atoms with Gasteiger partial charge < -0.3 is 9.80 Å². The lowest BCUT2D eigenvalue weighted by Gasteiger charge is -2.29. The van der Waals surface area contributed by atoms with Gasteiger partial charge in [0.1, 0.15) is 0 Å². The van der Waals surface area contributed by atoms with Crippen molar-refractivity contribution in [3.05, 3.63) is 182 Å². The molecule has 2 nitrogen and oxygen atoms in total. The molecule has 0 saturated heterocycles. The molecular formula is C54H48N2SSi2. The van der Waals surface area contributed by atoms with E-state index in [0.717, 1.165) is 5.69 Å². The molecular weight excluding hydrogens is 765 g/mol. The number of benzene rings is 9. The Morgan fingerprint density at radius 1 is 0.339 bits per heavy atom. The molecule has 0 aliphatic rings. The first kappa shape index (κ1) is 37.3. The highest BCUT2D eigenvalue weighted by molar-refractivity contribution is 7.26. The number of nitrogens with zero attached hydrogens (tertiary/aromatic N) is 2. The second-order valence-corrected chi connectivity index (χ2v) is 29.1. The van der Waals surface area contributed by atoms with Gasteiger partial charge >= 0.3 is 0 Å². The third-order valence-corrected chi connectivity index (χ3v) is 17.2. The van der Waals surface area contributed by atoms with Crippen molar-refractivity contribution in [3.63, 3.8) is 0 Å². The Balaban J connectivity index is 1.20. The smallest absolute Gasteiger partial charge is 0.0775 e. The molecule has 0 fully saturated rings. The lowest BCUT2D eigenvalue weighted by atomic mass is 9.99. The number of thiophene rings is 1. The molecule has 0 amide bonds. The van der Waals surface area contributed by atoms with Gasteiger partial charge in [0.25, 0.3) is 0 Å². The molecule has 0 saturated carbocycles. The molecule has 9 aromatic carbocycles. The second kappa shape index (κ2) is 14.4. The lowest BCUT2D eigenvalue weighted by molar-refractivity contribution is 1.31. The fourth-order valence-electron chi connectivity index (χ4n) is 8.80. The van der Waals surface area contributed by atoms with Crippen molar-refractivity contribution in [2.75, 3.05) is 9.80 Å². The Morgan fingerprint density at radius 3 is 1.36 bits per heavy atom. The molecule has 0 N–H and O–H groups in total. The van der Waals surface area contributed by atoms with Crippen molar-refractivity contribution in [1.82, 2.24) is 0 Å². The maximum absolute atomic E-state index is 2.50. The van der Waals surface area contributed by atoms with Gasteiger partial charge in [0.15, 0.2) is 0 Å². The van der Waals surface area contributed by atoms with Gasteiger partial charge in [-0.1, -0.05) is 177 Å². The van der Waals surface area contributed by atoms with Crippen molar-refractivity contribution < 1.29 is 0 Å². The Morgan fingerprint density at radius 2 is 0.797 bits per heavy atom. The van der Waals surface area contributed by atoms with Crippen molar-refractivity contribution in [1.29, 1.82) is 0 Å². The van der Waals surface area contributed by atoms with Crippen LogP contribution in [0.4, 0.5) is 34.1 Å². The van der Waals surface area contributed by atoms with Crippen LogP contribution in [0.3, 0.4) is 0 Å². The quantitative estimate of drug-likeness (QED) is 0.141. The van der Waals surface area contributed by atoms with E-state index < -0.39 is 16.1 Å². The summed E-state index contributed by atoms with van der Waals surface area (Å²) < 4.78 is 2.56. The number of rotatable bonds is 8. The zero-order valence-corrected chi connectivity index (χ0v) is 37.4. The summed E-state index contributed by atoms with van der Waals surface area (Å²) in [5, 5.41) is 13.0. The molecule has 0 radical (unpaired) electrons. The molecule has 288 valence electrons. The molecule has 10 rings (SSSR count). The van der Waals surface area contributed by atoms with Crippen LogP contribution in [-0.4, -0.2) is 16.1 Å². The van der Waals surface area contributed by atoms with Gasteiger partial charge in [-0.3, -0.25) is 0 Å². The molecule has 10 aromatic rings. The zero-order chi connectivity index (χ0) is 40.5. The number of hydrogen-bond donors (Lipinski definition) is 0. The van der Waals surface area contributed by atoms with Crippen LogP contribution < -0.4 is 20.2 Å². The maximum Gasteiger partial charge on any atom is 0.0775 e. The van der Waals surface area contributed by atoms with Crippen LogP contribution >= 0.6 is 11.3 Å². The van der Waals surface area contributed by atoms with Gasteiger partial charge in [-0.2, -0.15) is 0 Å². The zero-order valence-electron chi connectivity index (χ0n) is 34.6. The molecule has 0 aliphatic carbocycles. The molecule has 0 aliphatic heterocycles. The largest absolute Gasteiger partial charge is 0.310 e. The fraction of sp³-hybridized carbons (Fsp3) is 0.111. The number of hydrogen-bond acceptors (Lipinski definition) is 3. The summed E-state index contributed by atoms with van der Waals surface area (Å²) in [7, 11) is -2.96. The van der Waals surface area contributed by atoms with Gasteiger partial charge in [0.05, 0.1) is 33.2 Å². The maximum atomic E-state index is 2.50. The summed E-state index contributed by atoms with van der Waals surface area (Å²) in [6, 6.07) is 68.2. The Kier molecular flexibility index (Phi) is 9.09. The van der Waals surface area contributed by atoms with Crippen LogP contribution in [0.2, 0.25) is 39.3 Å². The lowest BCUT2D eigenvalue weighted by Crippen LogP contribution is -2.37. The minimum absolute atomic E-state index is 1.16. The summed E-state index contributed by atoms with van der Waals surface area (Å²) in [6.45, 7) is 14.5. The summed E-state index contributed by atoms with van der Waals surface area (Å²) >= 11 is 1.90.